The molecular formula is C25H36O3. The van der Waals surface area contributed by atoms with Gasteiger partial charge in [0.2, 0.25) is 0 Å². The number of esters is 1. The maximum atomic E-state index is 12.8. The molecule has 0 aliphatic heterocycles. The normalized spacial score (nSPS) is 55.5. The smallest absolute Gasteiger partial charge is 0.333 e. The number of aliphatic hydroxyl groups is 1. The average Bonchev–Trinajstić information content (AvgIpc) is 2.56. The maximum Gasteiger partial charge on any atom is 0.333 e. The zero-order valence-corrected chi connectivity index (χ0v) is 17.4. The van der Waals surface area contributed by atoms with Gasteiger partial charge in [-0.15, -0.1) is 0 Å². The molecule has 8 saturated carbocycles. The molecule has 0 radical (unpaired) electrons. The van der Waals surface area contributed by atoms with Gasteiger partial charge in [-0.1, -0.05) is 6.58 Å². The summed E-state index contributed by atoms with van der Waals surface area (Å²) in [5.41, 5.74) is 0.0160. The quantitative estimate of drug-likeness (QED) is 0.547. The lowest BCUT2D eigenvalue weighted by molar-refractivity contribution is -0.238. The van der Waals surface area contributed by atoms with E-state index in [2.05, 4.69) is 6.58 Å². The van der Waals surface area contributed by atoms with Gasteiger partial charge in [-0.25, -0.2) is 4.79 Å². The molecule has 8 bridgehead atoms. The summed E-state index contributed by atoms with van der Waals surface area (Å²) < 4.78 is 6.53. The first-order chi connectivity index (χ1) is 13.3. The highest BCUT2D eigenvalue weighted by molar-refractivity contribution is 5.87. The Labute approximate surface area is 169 Å². The number of rotatable bonds is 4. The molecule has 0 aromatic rings. The van der Waals surface area contributed by atoms with E-state index in [0.717, 1.165) is 37.5 Å². The first-order valence-electron chi connectivity index (χ1n) is 11.9. The minimum Gasteiger partial charge on any atom is -0.455 e. The van der Waals surface area contributed by atoms with Crippen molar-refractivity contribution in [2.45, 2.75) is 95.2 Å². The van der Waals surface area contributed by atoms with Crippen LogP contribution in [0.25, 0.3) is 0 Å². The minimum absolute atomic E-state index is 0.170. The summed E-state index contributed by atoms with van der Waals surface area (Å²) >= 11 is 0. The molecule has 0 saturated heterocycles. The number of hydrogen-bond acceptors (Lipinski definition) is 3. The Morgan fingerprint density at radius 1 is 0.929 bits per heavy atom. The molecule has 2 unspecified atom stereocenters. The van der Waals surface area contributed by atoms with Gasteiger partial charge in [0.25, 0.3) is 0 Å². The van der Waals surface area contributed by atoms with Crippen molar-refractivity contribution in [1.82, 2.24) is 0 Å². The van der Waals surface area contributed by atoms with E-state index >= 15 is 0 Å². The molecule has 3 nitrogen and oxygen atoms in total. The standard InChI is InChI=1S/C25H36O3/c1-15(2)22(26)28-25(20-5-16-3-17(7-20)8-21(25)6-16)14-23-9-18-4-19(10-23)12-24(27,11-18)13-23/h16-21,27H,1,3-14H2,2H3. The van der Waals surface area contributed by atoms with Crippen LogP contribution in [0, 0.1) is 40.9 Å². The van der Waals surface area contributed by atoms with Crippen LogP contribution < -0.4 is 0 Å². The second-order valence-corrected chi connectivity index (χ2v) is 12.3. The van der Waals surface area contributed by atoms with Crippen molar-refractivity contribution in [3.63, 3.8) is 0 Å². The summed E-state index contributed by atoms with van der Waals surface area (Å²) in [6.07, 6.45) is 14.2. The zero-order valence-electron chi connectivity index (χ0n) is 17.4. The van der Waals surface area contributed by atoms with E-state index in [1.807, 2.05) is 0 Å². The molecule has 8 aliphatic carbocycles. The topological polar surface area (TPSA) is 46.5 Å². The molecule has 8 rings (SSSR count). The fourth-order valence-corrected chi connectivity index (χ4v) is 9.93. The van der Waals surface area contributed by atoms with E-state index in [9.17, 15) is 9.90 Å². The molecule has 1 N–H and O–H groups in total. The SMILES string of the molecule is C=C(C)C(=O)OC1(CC23CC4CC(CC(O)(C4)C2)C3)C2CC3CC(C2)CC1C3. The van der Waals surface area contributed by atoms with Gasteiger partial charge < -0.3 is 9.84 Å². The largest absolute Gasteiger partial charge is 0.455 e. The Morgan fingerprint density at radius 2 is 1.46 bits per heavy atom. The lowest BCUT2D eigenvalue weighted by atomic mass is 9.42. The molecule has 0 amide bonds. The highest BCUT2D eigenvalue weighted by Gasteiger charge is 2.65. The van der Waals surface area contributed by atoms with Crippen LogP contribution >= 0.6 is 0 Å². The molecular weight excluding hydrogens is 348 g/mol. The first-order valence-corrected chi connectivity index (χ1v) is 11.9. The van der Waals surface area contributed by atoms with Crippen LogP contribution in [0.2, 0.25) is 0 Å². The van der Waals surface area contributed by atoms with Crippen LogP contribution in [-0.4, -0.2) is 22.3 Å². The predicted molar refractivity (Wildman–Crippen MR) is 107 cm³/mol. The monoisotopic (exact) mass is 384 g/mol. The number of carbonyl (C=O) groups excluding carboxylic acids is 1. The second kappa shape index (κ2) is 5.65. The Kier molecular flexibility index (Phi) is 3.63. The molecule has 0 aromatic carbocycles. The Morgan fingerprint density at radius 3 is 1.96 bits per heavy atom. The average molecular weight is 385 g/mol. The summed E-state index contributed by atoms with van der Waals surface area (Å²) in [6, 6.07) is 0. The molecule has 2 atom stereocenters. The summed E-state index contributed by atoms with van der Waals surface area (Å²) in [7, 11) is 0. The van der Waals surface area contributed by atoms with Crippen LogP contribution in [0.15, 0.2) is 12.2 Å². The van der Waals surface area contributed by atoms with E-state index in [-0.39, 0.29) is 17.0 Å². The van der Waals surface area contributed by atoms with Gasteiger partial charge in [-0.2, -0.15) is 0 Å². The second-order valence-electron chi connectivity index (χ2n) is 12.3. The van der Waals surface area contributed by atoms with E-state index < -0.39 is 5.60 Å². The lowest BCUT2D eigenvalue weighted by Gasteiger charge is -2.66. The van der Waals surface area contributed by atoms with Gasteiger partial charge in [0.1, 0.15) is 5.60 Å². The fraction of sp³-hybridized carbons (Fsp3) is 0.880. The van der Waals surface area contributed by atoms with Crippen LogP contribution in [0.3, 0.4) is 0 Å². The van der Waals surface area contributed by atoms with Crippen molar-refractivity contribution >= 4 is 5.97 Å². The van der Waals surface area contributed by atoms with Crippen LogP contribution in [0.4, 0.5) is 0 Å². The van der Waals surface area contributed by atoms with Crippen LogP contribution in [0.5, 0.6) is 0 Å². The highest BCUT2D eigenvalue weighted by Crippen LogP contribution is 2.68. The van der Waals surface area contributed by atoms with Crippen LogP contribution in [-0.2, 0) is 9.53 Å². The summed E-state index contributed by atoms with van der Waals surface area (Å²) in [5.74, 6) is 4.01. The van der Waals surface area contributed by atoms with Crippen molar-refractivity contribution in [2.75, 3.05) is 0 Å². The molecule has 0 heterocycles. The Balaban J connectivity index is 1.37. The van der Waals surface area contributed by atoms with Crippen LogP contribution in [0.1, 0.15) is 84.0 Å². The molecule has 154 valence electrons. The van der Waals surface area contributed by atoms with Crippen molar-refractivity contribution < 1.29 is 14.6 Å². The minimum atomic E-state index is -0.435. The molecule has 3 heteroatoms. The van der Waals surface area contributed by atoms with E-state index in [0.29, 0.717) is 29.2 Å². The molecule has 28 heavy (non-hydrogen) atoms. The van der Waals surface area contributed by atoms with E-state index in [1.165, 1.54) is 51.4 Å². The van der Waals surface area contributed by atoms with Gasteiger partial charge in [0, 0.05) is 5.57 Å². The first kappa shape index (κ1) is 18.0. The third-order valence-electron chi connectivity index (χ3n) is 9.95. The zero-order chi connectivity index (χ0) is 19.3. The van der Waals surface area contributed by atoms with Crippen molar-refractivity contribution in [3.05, 3.63) is 12.2 Å². The fourth-order valence-electron chi connectivity index (χ4n) is 9.93. The van der Waals surface area contributed by atoms with Gasteiger partial charge in [0.05, 0.1) is 5.60 Å². The van der Waals surface area contributed by atoms with Crippen molar-refractivity contribution in [2.24, 2.45) is 40.9 Å². The summed E-state index contributed by atoms with van der Waals surface area (Å²) in [6.45, 7) is 5.68. The predicted octanol–water partition coefficient (Wildman–Crippen LogP) is 5.02. The summed E-state index contributed by atoms with van der Waals surface area (Å²) in [5, 5.41) is 11.3. The van der Waals surface area contributed by atoms with Crippen molar-refractivity contribution in [3.8, 4) is 0 Å². The molecule has 0 aromatic heterocycles. The molecule has 8 fully saturated rings. The molecule has 8 aliphatic rings. The van der Waals surface area contributed by atoms with E-state index in [1.54, 1.807) is 6.92 Å². The number of ether oxygens (including phenoxy) is 1. The highest BCUT2D eigenvalue weighted by atomic mass is 16.6. The van der Waals surface area contributed by atoms with Gasteiger partial charge in [0.15, 0.2) is 0 Å². The summed E-state index contributed by atoms with van der Waals surface area (Å²) in [4.78, 5) is 12.8. The third kappa shape index (κ3) is 2.53. The number of hydrogen-bond donors (Lipinski definition) is 1. The Hall–Kier alpha value is -0.830. The lowest BCUT2D eigenvalue weighted by Crippen LogP contribution is -2.64. The van der Waals surface area contributed by atoms with Crippen molar-refractivity contribution in [1.29, 1.82) is 0 Å². The Bertz CT molecular complexity index is 679. The maximum absolute atomic E-state index is 12.8. The van der Waals surface area contributed by atoms with Gasteiger partial charge in [-0.05, 0) is 125 Å². The van der Waals surface area contributed by atoms with E-state index in [4.69, 9.17) is 4.74 Å². The van der Waals surface area contributed by atoms with Gasteiger partial charge in [-0.3, -0.25) is 0 Å². The number of carbonyl (C=O) groups is 1. The van der Waals surface area contributed by atoms with Gasteiger partial charge >= 0.3 is 5.97 Å². The third-order valence-corrected chi connectivity index (χ3v) is 9.95. The molecule has 0 spiro atoms.